The summed E-state index contributed by atoms with van der Waals surface area (Å²) in [4.78, 5) is 13.5. The molecule has 0 aliphatic carbocycles. The second-order valence-corrected chi connectivity index (χ2v) is 4.80. The fraction of sp³-hybridized carbons (Fsp3) is 0.417. The van der Waals surface area contributed by atoms with Crippen LogP contribution >= 0.6 is 11.6 Å². The molecule has 0 radical (unpaired) electrons. The van der Waals surface area contributed by atoms with Gasteiger partial charge < -0.3 is 14.9 Å². The molecular formula is C12H12ClF3N2O2. The second-order valence-electron chi connectivity index (χ2n) is 4.39. The van der Waals surface area contributed by atoms with Crippen molar-refractivity contribution < 1.29 is 23.1 Å². The predicted octanol–water partition coefficient (Wildman–Crippen LogP) is 3.16. The van der Waals surface area contributed by atoms with Crippen molar-refractivity contribution in [3.05, 3.63) is 28.8 Å². The highest BCUT2D eigenvalue weighted by Gasteiger charge is 2.38. The summed E-state index contributed by atoms with van der Waals surface area (Å²) in [6.07, 6.45) is -5.61. The van der Waals surface area contributed by atoms with E-state index >= 15 is 0 Å². The number of carboxylic acid groups (broad SMARTS) is 1. The molecule has 0 atom stereocenters. The Hall–Kier alpha value is -1.63. The van der Waals surface area contributed by atoms with Crippen LogP contribution in [0.3, 0.4) is 0 Å². The Morgan fingerprint density at radius 2 is 1.80 bits per heavy atom. The van der Waals surface area contributed by atoms with E-state index in [0.29, 0.717) is 0 Å². The minimum Gasteiger partial charge on any atom is -0.465 e. The first kappa shape index (κ1) is 14.8. The van der Waals surface area contributed by atoms with Crippen LogP contribution in [0.25, 0.3) is 0 Å². The molecule has 1 aromatic carbocycles. The Balaban J connectivity index is 2.27. The number of rotatable bonds is 1. The van der Waals surface area contributed by atoms with Gasteiger partial charge >= 0.3 is 12.3 Å². The molecule has 1 aliphatic rings. The lowest BCUT2D eigenvalue weighted by molar-refractivity contribution is -0.137. The molecule has 20 heavy (non-hydrogen) atoms. The van der Waals surface area contributed by atoms with Gasteiger partial charge in [0.2, 0.25) is 0 Å². The number of hydrogen-bond acceptors (Lipinski definition) is 2. The van der Waals surface area contributed by atoms with Gasteiger partial charge in [-0.25, -0.2) is 4.79 Å². The van der Waals surface area contributed by atoms with Gasteiger partial charge in [-0.1, -0.05) is 17.7 Å². The number of nitrogens with zero attached hydrogens (tertiary/aromatic N) is 2. The summed E-state index contributed by atoms with van der Waals surface area (Å²) < 4.78 is 39.2. The zero-order valence-corrected chi connectivity index (χ0v) is 11.1. The molecule has 0 spiro atoms. The molecule has 1 aliphatic heterocycles. The molecule has 0 bridgehead atoms. The first-order valence-electron chi connectivity index (χ1n) is 5.89. The van der Waals surface area contributed by atoms with Crippen LogP contribution in [0.4, 0.5) is 23.7 Å². The van der Waals surface area contributed by atoms with Gasteiger partial charge in [-0.15, -0.1) is 0 Å². The Kier molecular flexibility index (Phi) is 3.99. The molecule has 2 rings (SSSR count). The number of carbonyl (C=O) groups is 1. The summed E-state index contributed by atoms with van der Waals surface area (Å²) in [5, 5.41) is 8.48. The lowest BCUT2D eigenvalue weighted by Gasteiger charge is -2.36. The van der Waals surface area contributed by atoms with E-state index in [1.54, 1.807) is 0 Å². The van der Waals surface area contributed by atoms with Crippen molar-refractivity contribution in [3.8, 4) is 0 Å². The third-order valence-corrected chi connectivity index (χ3v) is 3.48. The molecule has 4 nitrogen and oxygen atoms in total. The Bertz CT molecular complexity index is 514. The number of benzene rings is 1. The van der Waals surface area contributed by atoms with E-state index in [1.807, 2.05) is 0 Å². The second kappa shape index (κ2) is 5.40. The fourth-order valence-corrected chi connectivity index (χ4v) is 2.47. The maximum Gasteiger partial charge on any atom is 0.419 e. The van der Waals surface area contributed by atoms with Gasteiger partial charge in [0.25, 0.3) is 0 Å². The van der Waals surface area contributed by atoms with Crippen molar-refractivity contribution >= 4 is 23.4 Å². The molecule has 0 aromatic heterocycles. The highest BCUT2D eigenvalue weighted by molar-refractivity contribution is 6.31. The molecule has 1 heterocycles. The monoisotopic (exact) mass is 308 g/mol. The number of anilines is 1. The SMILES string of the molecule is O=C(O)N1CCN(c2cccc(Cl)c2C(F)(F)F)CC1. The van der Waals surface area contributed by atoms with Crippen molar-refractivity contribution in [2.24, 2.45) is 0 Å². The third-order valence-electron chi connectivity index (χ3n) is 3.17. The normalized spacial score (nSPS) is 16.4. The Labute approximate surface area is 118 Å². The van der Waals surface area contributed by atoms with E-state index in [1.165, 1.54) is 28.0 Å². The van der Waals surface area contributed by atoms with Crippen LogP contribution in [0, 0.1) is 0 Å². The summed E-state index contributed by atoms with van der Waals surface area (Å²) in [5.74, 6) is 0. The van der Waals surface area contributed by atoms with Crippen LogP contribution in [-0.4, -0.2) is 42.3 Å². The van der Waals surface area contributed by atoms with Crippen LogP contribution in [-0.2, 0) is 6.18 Å². The van der Waals surface area contributed by atoms with E-state index in [2.05, 4.69) is 0 Å². The average molecular weight is 309 g/mol. The van der Waals surface area contributed by atoms with Crippen LogP contribution in [0.1, 0.15) is 5.56 Å². The quantitative estimate of drug-likeness (QED) is 0.866. The standard InChI is InChI=1S/C12H12ClF3N2O2/c13-8-2-1-3-9(10(8)12(14,15)16)17-4-6-18(7-5-17)11(19)20/h1-3H,4-7H2,(H,19,20). The molecule has 8 heteroatoms. The smallest absolute Gasteiger partial charge is 0.419 e. The topological polar surface area (TPSA) is 43.8 Å². The third kappa shape index (κ3) is 2.92. The molecule has 1 saturated heterocycles. The number of hydrogen-bond donors (Lipinski definition) is 1. The largest absolute Gasteiger partial charge is 0.465 e. The molecule has 0 saturated carbocycles. The summed E-state index contributed by atoms with van der Waals surface area (Å²) in [5.41, 5.74) is -0.875. The average Bonchev–Trinajstić information content (AvgIpc) is 2.37. The molecule has 1 fully saturated rings. The Morgan fingerprint density at radius 1 is 1.20 bits per heavy atom. The van der Waals surface area contributed by atoms with Crippen molar-refractivity contribution in [2.75, 3.05) is 31.1 Å². The van der Waals surface area contributed by atoms with Gasteiger partial charge in [0, 0.05) is 26.2 Å². The van der Waals surface area contributed by atoms with E-state index in [9.17, 15) is 18.0 Å². The molecule has 110 valence electrons. The van der Waals surface area contributed by atoms with Crippen molar-refractivity contribution in [1.29, 1.82) is 0 Å². The number of piperazine rings is 1. The molecule has 0 unspecified atom stereocenters. The molecule has 1 N–H and O–H groups in total. The van der Waals surface area contributed by atoms with Gasteiger partial charge in [-0.3, -0.25) is 0 Å². The van der Waals surface area contributed by atoms with Crippen LogP contribution in [0.15, 0.2) is 18.2 Å². The zero-order chi connectivity index (χ0) is 14.9. The van der Waals surface area contributed by atoms with Crippen LogP contribution < -0.4 is 4.90 Å². The number of amides is 1. The minimum absolute atomic E-state index is 0.00459. The van der Waals surface area contributed by atoms with Gasteiger partial charge in [0.1, 0.15) is 0 Å². The van der Waals surface area contributed by atoms with Crippen molar-refractivity contribution in [3.63, 3.8) is 0 Å². The zero-order valence-electron chi connectivity index (χ0n) is 10.3. The van der Waals surface area contributed by atoms with Crippen molar-refractivity contribution in [1.82, 2.24) is 4.90 Å². The summed E-state index contributed by atoms with van der Waals surface area (Å²) in [7, 11) is 0. The van der Waals surface area contributed by atoms with Crippen LogP contribution in [0.2, 0.25) is 5.02 Å². The first-order valence-corrected chi connectivity index (χ1v) is 6.27. The van der Waals surface area contributed by atoms with E-state index in [-0.39, 0.29) is 36.9 Å². The first-order chi connectivity index (χ1) is 9.30. The van der Waals surface area contributed by atoms with E-state index in [0.717, 1.165) is 0 Å². The highest BCUT2D eigenvalue weighted by Crippen LogP contribution is 2.41. The maximum absolute atomic E-state index is 13.1. The van der Waals surface area contributed by atoms with E-state index < -0.39 is 17.8 Å². The van der Waals surface area contributed by atoms with Crippen LogP contribution in [0.5, 0.6) is 0 Å². The van der Waals surface area contributed by atoms with E-state index in [4.69, 9.17) is 16.7 Å². The van der Waals surface area contributed by atoms with Gasteiger partial charge in [0.05, 0.1) is 16.3 Å². The fourth-order valence-electron chi connectivity index (χ4n) is 2.20. The molecular weight excluding hydrogens is 297 g/mol. The highest BCUT2D eigenvalue weighted by atomic mass is 35.5. The van der Waals surface area contributed by atoms with Crippen molar-refractivity contribution in [2.45, 2.75) is 6.18 Å². The maximum atomic E-state index is 13.1. The van der Waals surface area contributed by atoms with Gasteiger partial charge in [-0.05, 0) is 12.1 Å². The molecule has 1 amide bonds. The number of alkyl halides is 3. The predicted molar refractivity (Wildman–Crippen MR) is 68.3 cm³/mol. The lowest BCUT2D eigenvalue weighted by atomic mass is 10.1. The molecule has 1 aromatic rings. The summed E-state index contributed by atoms with van der Waals surface area (Å²) in [6.45, 7) is 0.740. The lowest BCUT2D eigenvalue weighted by Crippen LogP contribution is -2.48. The Morgan fingerprint density at radius 3 is 2.30 bits per heavy atom. The summed E-state index contributed by atoms with van der Waals surface area (Å²) >= 11 is 5.66. The van der Waals surface area contributed by atoms with Gasteiger partial charge in [0.15, 0.2) is 0 Å². The van der Waals surface area contributed by atoms with Gasteiger partial charge in [-0.2, -0.15) is 13.2 Å². The minimum atomic E-state index is -4.54. The summed E-state index contributed by atoms with van der Waals surface area (Å²) in [6, 6.07) is 4.00. The number of halogens is 4.